The van der Waals surface area contributed by atoms with Crippen LogP contribution in [0.1, 0.15) is 27.0 Å². The van der Waals surface area contributed by atoms with Crippen molar-refractivity contribution < 1.29 is 24.2 Å². The topological polar surface area (TPSA) is 109 Å². The van der Waals surface area contributed by atoms with Crippen LogP contribution in [0.15, 0.2) is 66.7 Å². The van der Waals surface area contributed by atoms with Crippen LogP contribution in [0, 0.1) is 18.3 Å². The Morgan fingerprint density at radius 2 is 1.67 bits per heavy atom. The second-order valence-electron chi connectivity index (χ2n) is 7.17. The average Bonchev–Trinajstić information content (AvgIpc) is 2.83. The van der Waals surface area contributed by atoms with E-state index in [1.807, 2.05) is 31.2 Å². The van der Waals surface area contributed by atoms with Gasteiger partial charge in [0.05, 0.1) is 24.3 Å². The summed E-state index contributed by atoms with van der Waals surface area (Å²) < 4.78 is 11.0. The summed E-state index contributed by atoms with van der Waals surface area (Å²) in [7, 11) is 1.48. The Hall–Kier alpha value is -4.57. The van der Waals surface area contributed by atoms with Gasteiger partial charge in [-0.25, -0.2) is 4.79 Å². The maximum Gasteiger partial charge on any atom is 0.335 e. The Kier molecular flexibility index (Phi) is 7.45. The van der Waals surface area contributed by atoms with Crippen molar-refractivity contribution in [3.8, 4) is 17.6 Å². The van der Waals surface area contributed by atoms with E-state index in [2.05, 4.69) is 11.4 Å². The third-order valence-electron chi connectivity index (χ3n) is 4.76. The first kappa shape index (κ1) is 23.1. The molecule has 0 fully saturated rings. The van der Waals surface area contributed by atoms with Gasteiger partial charge in [0, 0.05) is 5.69 Å². The highest BCUT2D eigenvalue weighted by molar-refractivity contribution is 5.93. The Labute approximate surface area is 191 Å². The second kappa shape index (κ2) is 10.6. The number of nitrogens with zero attached hydrogens (tertiary/aromatic N) is 1. The largest absolute Gasteiger partial charge is 0.493 e. The van der Waals surface area contributed by atoms with Gasteiger partial charge >= 0.3 is 5.97 Å². The van der Waals surface area contributed by atoms with Crippen LogP contribution >= 0.6 is 0 Å². The van der Waals surface area contributed by atoms with Crippen LogP contribution in [-0.4, -0.2) is 30.7 Å². The van der Waals surface area contributed by atoms with Gasteiger partial charge in [-0.2, -0.15) is 5.26 Å². The lowest BCUT2D eigenvalue weighted by Crippen LogP contribution is -2.20. The molecule has 0 aliphatic heterocycles. The number of carboxylic acids is 1. The van der Waals surface area contributed by atoms with Gasteiger partial charge in [-0.1, -0.05) is 35.9 Å². The van der Waals surface area contributed by atoms with Crippen LogP contribution in [0.25, 0.3) is 11.6 Å². The molecule has 0 unspecified atom stereocenters. The summed E-state index contributed by atoms with van der Waals surface area (Å²) in [6.07, 6.45) is 1.66. The molecular weight excluding hydrogens is 420 g/mol. The highest BCUT2D eigenvalue weighted by Gasteiger charge is 2.10. The molecule has 7 heteroatoms. The lowest BCUT2D eigenvalue weighted by molar-refractivity contribution is -0.118. The van der Waals surface area contributed by atoms with Crippen LogP contribution in [-0.2, 0) is 4.79 Å². The number of methoxy groups -OCH3 is 1. The number of carboxylic acid groups (broad SMARTS) is 1. The molecule has 0 saturated carbocycles. The number of benzene rings is 3. The summed E-state index contributed by atoms with van der Waals surface area (Å²) in [5.41, 5.74) is 3.56. The quantitative estimate of drug-likeness (QED) is 0.384. The van der Waals surface area contributed by atoms with Gasteiger partial charge in [0.25, 0.3) is 5.91 Å². The first-order chi connectivity index (χ1) is 15.9. The van der Waals surface area contributed by atoms with Gasteiger partial charge in [-0.3, -0.25) is 4.79 Å². The molecule has 0 saturated heterocycles. The van der Waals surface area contributed by atoms with Crippen molar-refractivity contribution in [2.45, 2.75) is 6.92 Å². The SMILES string of the molecule is COc1cc(/C=C(/C#N)c2ccc(C(=O)O)cc2)ccc1OCC(=O)Nc1ccc(C)cc1. The number of carbonyl (C=O) groups excluding carboxylic acids is 1. The van der Waals surface area contributed by atoms with Gasteiger partial charge in [0.2, 0.25) is 0 Å². The van der Waals surface area contributed by atoms with Crippen molar-refractivity contribution in [2.24, 2.45) is 0 Å². The highest BCUT2D eigenvalue weighted by Crippen LogP contribution is 2.30. The molecular formula is C26H22N2O5. The molecule has 0 atom stereocenters. The number of aromatic carboxylic acids is 1. The van der Waals surface area contributed by atoms with Crippen LogP contribution in [0.2, 0.25) is 0 Å². The second-order valence-corrected chi connectivity index (χ2v) is 7.17. The number of rotatable bonds is 8. The molecule has 2 N–H and O–H groups in total. The summed E-state index contributed by atoms with van der Waals surface area (Å²) in [5.74, 6) is -0.540. The van der Waals surface area contributed by atoms with E-state index in [-0.39, 0.29) is 18.1 Å². The molecule has 0 spiro atoms. The van der Waals surface area contributed by atoms with Crippen LogP contribution < -0.4 is 14.8 Å². The van der Waals surface area contributed by atoms with Gasteiger partial charge in [0.1, 0.15) is 0 Å². The molecule has 33 heavy (non-hydrogen) atoms. The fraction of sp³-hybridized carbons (Fsp3) is 0.115. The van der Waals surface area contributed by atoms with E-state index in [0.29, 0.717) is 33.9 Å². The van der Waals surface area contributed by atoms with Gasteiger partial charge in [0.15, 0.2) is 18.1 Å². The number of anilines is 1. The summed E-state index contributed by atoms with van der Waals surface area (Å²) >= 11 is 0. The zero-order valence-corrected chi connectivity index (χ0v) is 18.2. The third-order valence-corrected chi connectivity index (χ3v) is 4.76. The summed E-state index contributed by atoms with van der Waals surface area (Å²) in [6, 6.07) is 20.7. The minimum Gasteiger partial charge on any atom is -0.493 e. The first-order valence-electron chi connectivity index (χ1n) is 10.0. The maximum atomic E-state index is 12.2. The Morgan fingerprint density at radius 3 is 2.27 bits per heavy atom. The van der Waals surface area contributed by atoms with Crippen molar-refractivity contribution in [1.82, 2.24) is 0 Å². The van der Waals surface area contributed by atoms with Gasteiger partial charge < -0.3 is 19.9 Å². The summed E-state index contributed by atoms with van der Waals surface area (Å²) in [5, 5.41) is 21.3. The zero-order valence-electron chi connectivity index (χ0n) is 18.2. The number of amides is 1. The first-order valence-corrected chi connectivity index (χ1v) is 10.0. The van der Waals surface area contributed by atoms with Crippen molar-refractivity contribution >= 4 is 29.2 Å². The smallest absolute Gasteiger partial charge is 0.335 e. The van der Waals surface area contributed by atoms with Gasteiger partial charge in [-0.15, -0.1) is 0 Å². The number of hydrogen-bond acceptors (Lipinski definition) is 5. The van der Waals surface area contributed by atoms with E-state index in [1.54, 1.807) is 36.4 Å². The van der Waals surface area contributed by atoms with E-state index >= 15 is 0 Å². The predicted octanol–water partition coefficient (Wildman–Crippen LogP) is 4.78. The zero-order chi connectivity index (χ0) is 23.8. The molecule has 1 amide bonds. The van der Waals surface area contributed by atoms with E-state index < -0.39 is 5.97 Å². The molecule has 166 valence electrons. The molecule has 0 bridgehead atoms. The maximum absolute atomic E-state index is 12.2. The van der Waals surface area contributed by atoms with E-state index in [1.165, 1.54) is 19.2 Å². The molecule has 3 aromatic carbocycles. The average molecular weight is 442 g/mol. The molecule has 3 aromatic rings. The number of hydrogen-bond donors (Lipinski definition) is 2. The molecule has 0 aromatic heterocycles. The number of carbonyl (C=O) groups is 2. The van der Waals surface area contributed by atoms with Crippen molar-refractivity contribution in [1.29, 1.82) is 5.26 Å². The molecule has 0 radical (unpaired) electrons. The number of ether oxygens (including phenoxy) is 2. The Bertz CT molecular complexity index is 1220. The highest BCUT2D eigenvalue weighted by atomic mass is 16.5. The van der Waals surface area contributed by atoms with Crippen molar-refractivity contribution in [3.63, 3.8) is 0 Å². The fourth-order valence-corrected chi connectivity index (χ4v) is 3.01. The van der Waals surface area contributed by atoms with Crippen LogP contribution in [0.4, 0.5) is 5.69 Å². The number of allylic oxidation sites excluding steroid dienone is 1. The predicted molar refractivity (Wildman–Crippen MR) is 125 cm³/mol. The third kappa shape index (κ3) is 6.21. The molecule has 7 nitrogen and oxygen atoms in total. The van der Waals surface area contributed by atoms with E-state index in [4.69, 9.17) is 14.6 Å². The fourth-order valence-electron chi connectivity index (χ4n) is 3.01. The lowest BCUT2D eigenvalue weighted by atomic mass is 10.0. The van der Waals surface area contributed by atoms with Gasteiger partial charge in [-0.05, 0) is 60.5 Å². The van der Waals surface area contributed by atoms with E-state index in [9.17, 15) is 14.9 Å². The van der Waals surface area contributed by atoms with Crippen molar-refractivity contribution in [2.75, 3.05) is 19.0 Å². The van der Waals surface area contributed by atoms with Crippen LogP contribution in [0.5, 0.6) is 11.5 Å². The Balaban J connectivity index is 1.71. The Morgan fingerprint density at radius 1 is 1.00 bits per heavy atom. The monoisotopic (exact) mass is 442 g/mol. The lowest BCUT2D eigenvalue weighted by Gasteiger charge is -2.12. The molecule has 0 heterocycles. The minimum absolute atomic E-state index is 0.144. The normalized spacial score (nSPS) is 10.8. The van der Waals surface area contributed by atoms with Crippen molar-refractivity contribution in [3.05, 3.63) is 89.0 Å². The number of aryl methyl sites for hydroxylation is 1. The summed E-state index contributed by atoms with van der Waals surface area (Å²) in [4.78, 5) is 23.2. The number of nitrogens with one attached hydrogen (secondary N) is 1. The molecule has 3 rings (SSSR count). The number of nitriles is 1. The molecule has 0 aliphatic carbocycles. The van der Waals surface area contributed by atoms with E-state index in [0.717, 1.165) is 5.56 Å². The summed E-state index contributed by atoms with van der Waals surface area (Å²) in [6.45, 7) is 1.77. The molecule has 0 aliphatic rings. The van der Waals surface area contributed by atoms with Crippen LogP contribution in [0.3, 0.4) is 0 Å². The standard InChI is InChI=1S/C26H22N2O5/c1-17-3-10-22(11-4-17)28-25(29)16-33-23-12-5-18(14-24(23)32-2)13-21(15-27)19-6-8-20(9-7-19)26(30)31/h3-14H,16H2,1-2H3,(H,28,29)(H,30,31)/b21-13-. The minimum atomic E-state index is -1.03.